The van der Waals surface area contributed by atoms with Gasteiger partial charge in [0.05, 0.1) is 12.2 Å². The number of esters is 1. The van der Waals surface area contributed by atoms with E-state index in [1.165, 1.54) is 11.3 Å². The fourth-order valence-corrected chi connectivity index (χ4v) is 2.77. The lowest BCUT2D eigenvalue weighted by Gasteiger charge is -2.05. The number of aryl methyl sites for hydroxylation is 1. The molecular formula is C14H13BrN2O3S. The summed E-state index contributed by atoms with van der Waals surface area (Å²) in [6.07, 6.45) is 1.54. The average molecular weight is 369 g/mol. The van der Waals surface area contributed by atoms with Gasteiger partial charge >= 0.3 is 5.97 Å². The van der Waals surface area contributed by atoms with Gasteiger partial charge in [-0.2, -0.15) is 0 Å². The molecule has 0 aliphatic heterocycles. The van der Waals surface area contributed by atoms with Crippen molar-refractivity contribution in [3.05, 3.63) is 45.0 Å². The molecule has 2 aromatic rings. The van der Waals surface area contributed by atoms with Crippen LogP contribution in [0.1, 0.15) is 32.6 Å². The Balaban J connectivity index is 2.21. The lowest BCUT2D eigenvalue weighted by atomic mass is 10.3. The molecule has 0 radical (unpaired) electrons. The number of anilines is 1. The Morgan fingerprint density at radius 1 is 1.43 bits per heavy atom. The summed E-state index contributed by atoms with van der Waals surface area (Å²) in [5, 5.41) is 3.18. The Morgan fingerprint density at radius 2 is 2.19 bits per heavy atom. The van der Waals surface area contributed by atoms with Gasteiger partial charge in [-0.25, -0.2) is 9.78 Å². The lowest BCUT2D eigenvalue weighted by molar-refractivity contribution is 0.0528. The predicted octanol–water partition coefficient (Wildman–Crippen LogP) is 3.64. The highest BCUT2D eigenvalue weighted by Gasteiger charge is 2.18. The molecule has 0 bridgehead atoms. The standard InChI is InChI=1S/C14H13BrN2O3S/c1-3-20-14(19)10-6-8(2)21-13(10)17-12(18)11-5-4-9(15)7-16-11/h4-7H,3H2,1-2H3,(H,17,18). The third-order valence-electron chi connectivity index (χ3n) is 2.54. The van der Waals surface area contributed by atoms with Crippen LogP contribution in [0.5, 0.6) is 0 Å². The molecule has 0 spiro atoms. The second-order valence-corrected chi connectivity index (χ2v) is 6.31. The van der Waals surface area contributed by atoms with Crippen LogP contribution >= 0.6 is 27.3 Å². The van der Waals surface area contributed by atoms with Crippen molar-refractivity contribution in [3.8, 4) is 0 Å². The lowest BCUT2D eigenvalue weighted by Crippen LogP contribution is -2.15. The van der Waals surface area contributed by atoms with E-state index in [2.05, 4.69) is 26.2 Å². The summed E-state index contributed by atoms with van der Waals surface area (Å²) in [6, 6.07) is 5.03. The first-order chi connectivity index (χ1) is 10.0. The van der Waals surface area contributed by atoms with E-state index in [1.807, 2.05) is 6.92 Å². The molecule has 0 saturated heterocycles. The summed E-state index contributed by atoms with van der Waals surface area (Å²) >= 11 is 4.58. The minimum Gasteiger partial charge on any atom is -0.462 e. The number of carbonyl (C=O) groups is 2. The van der Waals surface area contributed by atoms with Crippen LogP contribution in [-0.4, -0.2) is 23.5 Å². The molecule has 0 aliphatic rings. The fourth-order valence-electron chi connectivity index (χ4n) is 1.64. The number of nitrogens with one attached hydrogen (secondary N) is 1. The van der Waals surface area contributed by atoms with Crippen LogP contribution in [0, 0.1) is 6.92 Å². The first-order valence-electron chi connectivity index (χ1n) is 6.21. The molecule has 1 amide bonds. The van der Waals surface area contributed by atoms with Crippen molar-refractivity contribution in [1.29, 1.82) is 0 Å². The first-order valence-corrected chi connectivity index (χ1v) is 7.82. The van der Waals surface area contributed by atoms with Crippen molar-refractivity contribution in [2.45, 2.75) is 13.8 Å². The van der Waals surface area contributed by atoms with Gasteiger partial charge in [0.25, 0.3) is 5.91 Å². The van der Waals surface area contributed by atoms with Gasteiger partial charge in [-0.3, -0.25) is 4.79 Å². The van der Waals surface area contributed by atoms with Gasteiger partial charge in [0.2, 0.25) is 0 Å². The van der Waals surface area contributed by atoms with E-state index in [0.29, 0.717) is 10.6 Å². The number of hydrogen-bond donors (Lipinski definition) is 1. The van der Waals surface area contributed by atoms with Crippen LogP contribution in [-0.2, 0) is 4.74 Å². The van der Waals surface area contributed by atoms with Crippen LogP contribution in [0.25, 0.3) is 0 Å². The zero-order valence-electron chi connectivity index (χ0n) is 11.5. The molecule has 0 saturated carbocycles. The molecule has 0 aromatic carbocycles. The number of amides is 1. The fraction of sp³-hybridized carbons (Fsp3) is 0.214. The van der Waals surface area contributed by atoms with Crippen molar-refractivity contribution in [2.24, 2.45) is 0 Å². The molecule has 0 atom stereocenters. The van der Waals surface area contributed by atoms with E-state index in [-0.39, 0.29) is 18.2 Å². The Labute approximate surface area is 134 Å². The van der Waals surface area contributed by atoms with Gasteiger partial charge in [-0.15, -0.1) is 11.3 Å². The van der Waals surface area contributed by atoms with Crippen molar-refractivity contribution in [1.82, 2.24) is 4.98 Å². The molecule has 0 unspecified atom stereocenters. The summed E-state index contributed by atoms with van der Waals surface area (Å²) in [4.78, 5) is 28.9. The van der Waals surface area contributed by atoms with Gasteiger partial charge in [-0.1, -0.05) is 0 Å². The number of halogens is 1. The number of hydrogen-bond acceptors (Lipinski definition) is 5. The van der Waals surface area contributed by atoms with E-state index in [4.69, 9.17) is 4.74 Å². The maximum atomic E-state index is 12.1. The second-order valence-electron chi connectivity index (χ2n) is 4.14. The van der Waals surface area contributed by atoms with Crippen LogP contribution in [0.2, 0.25) is 0 Å². The molecule has 21 heavy (non-hydrogen) atoms. The Kier molecular flexibility index (Phi) is 5.08. The van der Waals surface area contributed by atoms with Gasteiger partial charge in [-0.05, 0) is 48.0 Å². The molecule has 7 heteroatoms. The van der Waals surface area contributed by atoms with Crippen molar-refractivity contribution in [2.75, 3.05) is 11.9 Å². The van der Waals surface area contributed by atoms with E-state index >= 15 is 0 Å². The number of rotatable bonds is 4. The van der Waals surface area contributed by atoms with Crippen molar-refractivity contribution >= 4 is 44.1 Å². The molecule has 1 N–H and O–H groups in total. The molecule has 0 fully saturated rings. The molecule has 2 rings (SSSR count). The maximum Gasteiger partial charge on any atom is 0.341 e. The summed E-state index contributed by atoms with van der Waals surface area (Å²) in [5.41, 5.74) is 0.642. The first kappa shape index (κ1) is 15.7. The Bertz CT molecular complexity index is 667. The smallest absolute Gasteiger partial charge is 0.341 e. The van der Waals surface area contributed by atoms with Gasteiger partial charge in [0.15, 0.2) is 0 Å². The highest BCUT2D eigenvalue weighted by molar-refractivity contribution is 9.10. The normalized spacial score (nSPS) is 10.2. The average Bonchev–Trinajstić information content (AvgIpc) is 2.80. The number of ether oxygens (including phenoxy) is 1. The van der Waals surface area contributed by atoms with Crippen LogP contribution in [0.4, 0.5) is 5.00 Å². The summed E-state index contributed by atoms with van der Waals surface area (Å²) in [6.45, 7) is 3.89. The topological polar surface area (TPSA) is 68.3 Å². The van der Waals surface area contributed by atoms with Gasteiger partial charge in [0.1, 0.15) is 10.7 Å². The van der Waals surface area contributed by atoms with E-state index in [0.717, 1.165) is 9.35 Å². The molecule has 110 valence electrons. The van der Waals surface area contributed by atoms with Crippen molar-refractivity contribution in [3.63, 3.8) is 0 Å². The molecular weight excluding hydrogens is 356 g/mol. The minimum absolute atomic E-state index is 0.277. The van der Waals surface area contributed by atoms with E-state index in [9.17, 15) is 9.59 Å². The largest absolute Gasteiger partial charge is 0.462 e. The molecule has 5 nitrogen and oxygen atoms in total. The van der Waals surface area contributed by atoms with Gasteiger partial charge < -0.3 is 10.1 Å². The quantitative estimate of drug-likeness (QED) is 0.836. The van der Waals surface area contributed by atoms with E-state index in [1.54, 1.807) is 31.3 Å². The highest BCUT2D eigenvalue weighted by Crippen LogP contribution is 2.28. The Hall–Kier alpha value is -1.73. The van der Waals surface area contributed by atoms with Crippen LogP contribution < -0.4 is 5.32 Å². The minimum atomic E-state index is -0.444. The predicted molar refractivity (Wildman–Crippen MR) is 84.9 cm³/mol. The number of pyridine rings is 1. The van der Waals surface area contributed by atoms with Gasteiger partial charge in [0, 0.05) is 15.5 Å². The van der Waals surface area contributed by atoms with Crippen LogP contribution in [0.15, 0.2) is 28.9 Å². The third kappa shape index (κ3) is 3.89. The zero-order chi connectivity index (χ0) is 15.4. The molecule has 2 aromatic heterocycles. The zero-order valence-corrected chi connectivity index (χ0v) is 13.9. The SMILES string of the molecule is CCOC(=O)c1cc(C)sc1NC(=O)c1ccc(Br)cn1. The second kappa shape index (κ2) is 6.82. The maximum absolute atomic E-state index is 12.1. The highest BCUT2D eigenvalue weighted by atomic mass is 79.9. The molecule has 2 heterocycles. The number of thiophene rings is 1. The molecule has 0 aliphatic carbocycles. The third-order valence-corrected chi connectivity index (χ3v) is 3.97. The Morgan fingerprint density at radius 3 is 2.81 bits per heavy atom. The number of carbonyl (C=O) groups excluding carboxylic acids is 2. The number of nitrogens with zero attached hydrogens (tertiary/aromatic N) is 1. The summed E-state index contributed by atoms with van der Waals surface area (Å²) < 4.78 is 5.77. The number of aromatic nitrogens is 1. The summed E-state index contributed by atoms with van der Waals surface area (Å²) in [5.74, 6) is -0.809. The monoisotopic (exact) mass is 368 g/mol. The van der Waals surface area contributed by atoms with Crippen LogP contribution in [0.3, 0.4) is 0 Å². The van der Waals surface area contributed by atoms with Crippen molar-refractivity contribution < 1.29 is 14.3 Å². The van der Waals surface area contributed by atoms with E-state index < -0.39 is 5.97 Å². The summed E-state index contributed by atoms with van der Waals surface area (Å²) in [7, 11) is 0.